The van der Waals surface area contributed by atoms with E-state index in [1.54, 1.807) is 43.5 Å². The maximum Gasteiger partial charge on any atom is 0.255 e. The van der Waals surface area contributed by atoms with E-state index in [4.69, 9.17) is 16.3 Å². The number of aromatic nitrogens is 1. The number of methoxy groups -OCH3 is 1. The lowest BCUT2D eigenvalue weighted by Gasteiger charge is -2.13. The molecule has 0 atom stereocenters. The van der Waals surface area contributed by atoms with E-state index < -0.39 is 0 Å². The Balaban J connectivity index is 1.92. The number of ether oxygens (including phenoxy) is 1. The lowest BCUT2D eigenvalue weighted by atomic mass is 10.2. The number of carbonyl (C=O) groups excluding carboxylic acids is 1. The minimum atomic E-state index is -0.209. The number of hydrogen-bond acceptors (Lipinski definition) is 2. The molecule has 0 aliphatic heterocycles. The topological polar surface area (TPSA) is 43.3 Å². The van der Waals surface area contributed by atoms with Gasteiger partial charge in [0.1, 0.15) is 5.75 Å². The number of anilines is 1. The number of halogens is 1. The second kappa shape index (κ2) is 6.58. The Morgan fingerprint density at radius 3 is 2.61 bits per heavy atom. The fourth-order valence-electron chi connectivity index (χ4n) is 2.28. The van der Waals surface area contributed by atoms with Crippen LogP contribution >= 0.6 is 11.6 Å². The van der Waals surface area contributed by atoms with Crippen molar-refractivity contribution < 1.29 is 9.53 Å². The van der Waals surface area contributed by atoms with Crippen molar-refractivity contribution in [3.8, 4) is 11.4 Å². The molecule has 1 heterocycles. The molecule has 1 N–H and O–H groups in total. The first-order valence-electron chi connectivity index (χ1n) is 7.05. The van der Waals surface area contributed by atoms with E-state index in [1.165, 1.54) is 0 Å². The van der Waals surface area contributed by atoms with Crippen LogP contribution in [0.15, 0.2) is 67.0 Å². The Kier molecular flexibility index (Phi) is 4.35. The molecule has 23 heavy (non-hydrogen) atoms. The molecule has 4 nitrogen and oxygen atoms in total. The van der Waals surface area contributed by atoms with Gasteiger partial charge in [-0.1, -0.05) is 17.7 Å². The van der Waals surface area contributed by atoms with Crippen LogP contribution in [0, 0.1) is 0 Å². The number of nitrogens with zero attached hydrogens (tertiary/aromatic N) is 1. The molecule has 0 saturated heterocycles. The third-order valence-electron chi connectivity index (χ3n) is 3.42. The highest BCUT2D eigenvalue weighted by Crippen LogP contribution is 2.25. The Morgan fingerprint density at radius 2 is 1.87 bits per heavy atom. The average molecular weight is 327 g/mol. The third-order valence-corrected chi connectivity index (χ3v) is 3.66. The Hall–Kier alpha value is -2.72. The summed E-state index contributed by atoms with van der Waals surface area (Å²) in [6.45, 7) is 0. The van der Waals surface area contributed by atoms with E-state index in [2.05, 4.69) is 5.32 Å². The fourth-order valence-corrected chi connectivity index (χ4v) is 2.44. The van der Waals surface area contributed by atoms with Crippen LogP contribution in [0.4, 0.5) is 5.69 Å². The van der Waals surface area contributed by atoms with Crippen LogP contribution in [-0.2, 0) is 0 Å². The van der Waals surface area contributed by atoms with E-state index in [9.17, 15) is 4.79 Å². The van der Waals surface area contributed by atoms with Crippen molar-refractivity contribution in [2.24, 2.45) is 0 Å². The maximum atomic E-state index is 12.5. The lowest BCUT2D eigenvalue weighted by molar-refractivity contribution is 0.102. The summed E-state index contributed by atoms with van der Waals surface area (Å²) in [4.78, 5) is 12.5. The highest BCUT2D eigenvalue weighted by molar-refractivity contribution is 6.31. The second-order valence-corrected chi connectivity index (χ2v) is 5.37. The van der Waals surface area contributed by atoms with Gasteiger partial charge < -0.3 is 14.6 Å². The maximum absolute atomic E-state index is 12.5. The predicted octanol–water partition coefficient (Wildman–Crippen LogP) is 4.39. The van der Waals surface area contributed by atoms with Gasteiger partial charge in [-0.25, -0.2) is 0 Å². The number of hydrogen-bond donors (Lipinski definition) is 1. The van der Waals surface area contributed by atoms with Crippen molar-refractivity contribution in [2.45, 2.75) is 0 Å². The summed E-state index contributed by atoms with van der Waals surface area (Å²) in [6.07, 6.45) is 3.79. The second-order valence-electron chi connectivity index (χ2n) is 4.94. The van der Waals surface area contributed by atoms with Crippen LogP contribution < -0.4 is 10.1 Å². The van der Waals surface area contributed by atoms with Crippen LogP contribution in [0.5, 0.6) is 5.75 Å². The van der Waals surface area contributed by atoms with Gasteiger partial charge in [0.15, 0.2) is 0 Å². The van der Waals surface area contributed by atoms with Crippen LogP contribution in [0.3, 0.4) is 0 Å². The average Bonchev–Trinajstić information content (AvgIpc) is 3.11. The highest BCUT2D eigenvalue weighted by Gasteiger charge is 2.11. The van der Waals surface area contributed by atoms with Crippen molar-refractivity contribution in [1.82, 2.24) is 4.57 Å². The molecule has 0 aliphatic carbocycles. The van der Waals surface area contributed by atoms with Crippen molar-refractivity contribution in [3.05, 3.63) is 77.6 Å². The first-order chi connectivity index (χ1) is 11.2. The molecule has 0 radical (unpaired) electrons. The molecule has 1 amide bonds. The Bertz CT molecular complexity index is 829. The van der Waals surface area contributed by atoms with Gasteiger partial charge >= 0.3 is 0 Å². The molecule has 5 heteroatoms. The van der Waals surface area contributed by atoms with Crippen molar-refractivity contribution in [1.29, 1.82) is 0 Å². The van der Waals surface area contributed by atoms with Crippen LogP contribution in [0.25, 0.3) is 5.69 Å². The molecule has 0 aliphatic rings. The summed E-state index contributed by atoms with van der Waals surface area (Å²) in [6, 6.07) is 16.2. The molecular formula is C18H15ClN2O2. The largest absolute Gasteiger partial charge is 0.497 e. The Morgan fingerprint density at radius 1 is 1.09 bits per heavy atom. The summed E-state index contributed by atoms with van der Waals surface area (Å²) in [5.74, 6) is 0.430. The molecule has 2 aromatic carbocycles. The minimum absolute atomic E-state index is 0.209. The monoisotopic (exact) mass is 326 g/mol. The molecular weight excluding hydrogens is 312 g/mol. The first kappa shape index (κ1) is 15.2. The van der Waals surface area contributed by atoms with Crippen LogP contribution in [0.2, 0.25) is 5.02 Å². The lowest BCUT2D eigenvalue weighted by Crippen LogP contribution is -2.13. The van der Waals surface area contributed by atoms with Gasteiger partial charge in [-0.3, -0.25) is 4.79 Å². The van der Waals surface area contributed by atoms with Gasteiger partial charge in [0, 0.05) is 23.0 Å². The van der Waals surface area contributed by atoms with E-state index in [-0.39, 0.29) is 5.91 Å². The molecule has 0 fully saturated rings. The standard InChI is InChI=1S/C18H15ClN2O2/c1-23-15-6-4-5-13(11-15)18(22)20-16-8-7-14(19)12-17(16)21-9-2-3-10-21/h2-12H,1H3,(H,20,22). The molecule has 3 aromatic rings. The molecule has 0 spiro atoms. The fraction of sp³-hybridized carbons (Fsp3) is 0.0556. The number of carbonyl (C=O) groups is 1. The number of rotatable bonds is 4. The smallest absolute Gasteiger partial charge is 0.255 e. The zero-order chi connectivity index (χ0) is 16.2. The molecule has 116 valence electrons. The Labute approximate surface area is 139 Å². The minimum Gasteiger partial charge on any atom is -0.497 e. The van der Waals surface area contributed by atoms with Crippen molar-refractivity contribution in [3.63, 3.8) is 0 Å². The van der Waals surface area contributed by atoms with Gasteiger partial charge in [-0.05, 0) is 48.5 Å². The van der Waals surface area contributed by atoms with E-state index >= 15 is 0 Å². The SMILES string of the molecule is COc1cccc(C(=O)Nc2ccc(Cl)cc2-n2cccc2)c1. The summed E-state index contributed by atoms with van der Waals surface area (Å²) in [5, 5.41) is 3.52. The molecule has 1 aromatic heterocycles. The number of benzene rings is 2. The first-order valence-corrected chi connectivity index (χ1v) is 7.43. The van der Waals surface area contributed by atoms with Crippen LogP contribution in [-0.4, -0.2) is 17.6 Å². The molecule has 3 rings (SSSR count). The summed E-state index contributed by atoms with van der Waals surface area (Å²) in [7, 11) is 1.57. The summed E-state index contributed by atoms with van der Waals surface area (Å²) < 4.78 is 7.05. The van der Waals surface area contributed by atoms with Crippen molar-refractivity contribution in [2.75, 3.05) is 12.4 Å². The predicted molar refractivity (Wildman–Crippen MR) is 91.7 cm³/mol. The molecule has 0 saturated carbocycles. The van der Waals surface area contributed by atoms with Gasteiger partial charge in [-0.2, -0.15) is 0 Å². The quantitative estimate of drug-likeness (QED) is 0.772. The normalized spacial score (nSPS) is 10.3. The number of nitrogens with one attached hydrogen (secondary N) is 1. The van der Waals surface area contributed by atoms with Gasteiger partial charge in [0.25, 0.3) is 5.91 Å². The van der Waals surface area contributed by atoms with Gasteiger partial charge in [-0.15, -0.1) is 0 Å². The summed E-state index contributed by atoms with van der Waals surface area (Å²) in [5.41, 5.74) is 2.01. The van der Waals surface area contributed by atoms with Crippen LogP contribution in [0.1, 0.15) is 10.4 Å². The van der Waals surface area contributed by atoms with Gasteiger partial charge in [0.05, 0.1) is 18.5 Å². The number of amides is 1. The molecule has 0 unspecified atom stereocenters. The van der Waals surface area contributed by atoms with E-state index in [0.717, 1.165) is 5.69 Å². The third kappa shape index (κ3) is 3.38. The zero-order valence-corrected chi connectivity index (χ0v) is 13.2. The van der Waals surface area contributed by atoms with Crippen molar-refractivity contribution >= 4 is 23.2 Å². The zero-order valence-electron chi connectivity index (χ0n) is 12.5. The van der Waals surface area contributed by atoms with Gasteiger partial charge in [0.2, 0.25) is 0 Å². The highest BCUT2D eigenvalue weighted by atomic mass is 35.5. The van der Waals surface area contributed by atoms with E-state index in [1.807, 2.05) is 35.2 Å². The summed E-state index contributed by atoms with van der Waals surface area (Å²) >= 11 is 6.08. The molecule has 0 bridgehead atoms. The van der Waals surface area contributed by atoms with E-state index in [0.29, 0.717) is 22.0 Å².